The minimum absolute atomic E-state index is 0.0386. The molecule has 0 aromatic heterocycles. The third-order valence-corrected chi connectivity index (χ3v) is 5.37. The first-order valence-corrected chi connectivity index (χ1v) is 8.94. The first-order valence-electron chi connectivity index (χ1n) is 8.56. The van der Waals surface area contributed by atoms with Crippen LogP contribution in [-0.4, -0.2) is 30.4 Å². The molecule has 2 heterocycles. The van der Waals surface area contributed by atoms with Gasteiger partial charge in [0.05, 0.1) is 18.1 Å². The summed E-state index contributed by atoms with van der Waals surface area (Å²) in [5.41, 5.74) is 3.06. The largest absolute Gasteiger partial charge is 0.495 e. The van der Waals surface area contributed by atoms with Crippen molar-refractivity contribution >= 4 is 29.1 Å². The highest BCUT2D eigenvalue weighted by atomic mass is 35.5. The molecule has 1 saturated heterocycles. The van der Waals surface area contributed by atoms with Gasteiger partial charge in [-0.15, -0.1) is 0 Å². The van der Waals surface area contributed by atoms with Gasteiger partial charge in [-0.3, -0.25) is 9.59 Å². The Morgan fingerprint density at radius 3 is 2.46 bits per heavy atom. The molecule has 0 N–H and O–H groups in total. The van der Waals surface area contributed by atoms with Crippen LogP contribution in [0.25, 0.3) is 0 Å². The van der Waals surface area contributed by atoms with E-state index >= 15 is 0 Å². The Bertz CT molecular complexity index is 858. The van der Waals surface area contributed by atoms with Crippen LogP contribution in [-0.2, 0) is 22.7 Å². The van der Waals surface area contributed by atoms with Gasteiger partial charge in [0.25, 0.3) is 0 Å². The molecule has 0 radical (unpaired) electrons. The number of anilines is 1. The van der Waals surface area contributed by atoms with Gasteiger partial charge in [-0.2, -0.15) is 0 Å². The summed E-state index contributed by atoms with van der Waals surface area (Å²) >= 11 is 6.17. The van der Waals surface area contributed by atoms with E-state index in [1.807, 2.05) is 29.2 Å². The lowest BCUT2D eigenvalue weighted by Gasteiger charge is -2.21. The molecular formula is C20H19ClN2O3. The smallest absolute Gasteiger partial charge is 0.228 e. The summed E-state index contributed by atoms with van der Waals surface area (Å²) in [5.74, 6) is 0.222. The number of ether oxygens (including phenoxy) is 1. The van der Waals surface area contributed by atoms with Gasteiger partial charge in [0.15, 0.2) is 0 Å². The Balaban J connectivity index is 1.48. The Kier molecular flexibility index (Phi) is 4.32. The van der Waals surface area contributed by atoms with Gasteiger partial charge in [0.2, 0.25) is 11.8 Å². The molecule has 0 spiro atoms. The van der Waals surface area contributed by atoms with Crippen LogP contribution in [0.1, 0.15) is 17.5 Å². The number of amides is 2. The van der Waals surface area contributed by atoms with Crippen molar-refractivity contribution in [2.75, 3.05) is 18.6 Å². The maximum Gasteiger partial charge on any atom is 0.228 e. The molecule has 1 atom stereocenters. The summed E-state index contributed by atoms with van der Waals surface area (Å²) in [5, 5.41) is 0.447. The van der Waals surface area contributed by atoms with Crippen LogP contribution in [0, 0.1) is 5.92 Å². The van der Waals surface area contributed by atoms with Crippen LogP contribution >= 0.6 is 11.6 Å². The number of carbonyl (C=O) groups excluding carboxylic acids is 2. The highest BCUT2D eigenvalue weighted by Crippen LogP contribution is 2.33. The molecule has 4 rings (SSSR count). The van der Waals surface area contributed by atoms with E-state index in [9.17, 15) is 9.59 Å². The van der Waals surface area contributed by atoms with Crippen molar-refractivity contribution in [1.29, 1.82) is 0 Å². The topological polar surface area (TPSA) is 49.9 Å². The van der Waals surface area contributed by atoms with Crippen molar-refractivity contribution in [2.45, 2.75) is 19.5 Å². The molecule has 2 amide bonds. The van der Waals surface area contributed by atoms with Crippen LogP contribution in [0.2, 0.25) is 5.02 Å². The maximum absolute atomic E-state index is 12.9. The van der Waals surface area contributed by atoms with Crippen LogP contribution < -0.4 is 9.64 Å². The van der Waals surface area contributed by atoms with E-state index in [4.69, 9.17) is 16.3 Å². The van der Waals surface area contributed by atoms with Crippen molar-refractivity contribution in [3.8, 4) is 5.75 Å². The number of benzene rings is 2. The second kappa shape index (κ2) is 6.65. The minimum atomic E-state index is -0.322. The van der Waals surface area contributed by atoms with Gasteiger partial charge in [0, 0.05) is 31.7 Å². The number of fused-ring (bicyclic) bond motifs is 1. The summed E-state index contributed by atoms with van der Waals surface area (Å²) in [6.45, 7) is 1.62. The standard InChI is InChI=1S/C20H19ClN2O3/c1-26-18-7-6-16(9-17(18)21)23-12-15(8-19(23)24)20(25)22-10-13-4-2-3-5-14(13)11-22/h2-7,9,15H,8,10-12H2,1H3/t15-/m0/s1. The van der Waals surface area contributed by atoms with Gasteiger partial charge in [-0.1, -0.05) is 35.9 Å². The first kappa shape index (κ1) is 16.9. The van der Waals surface area contributed by atoms with E-state index in [0.29, 0.717) is 36.1 Å². The molecule has 26 heavy (non-hydrogen) atoms. The number of nitrogens with zero attached hydrogens (tertiary/aromatic N) is 2. The molecule has 0 aliphatic carbocycles. The van der Waals surface area contributed by atoms with Gasteiger partial charge >= 0.3 is 0 Å². The molecule has 0 bridgehead atoms. The van der Waals surface area contributed by atoms with E-state index in [-0.39, 0.29) is 24.2 Å². The van der Waals surface area contributed by atoms with E-state index in [2.05, 4.69) is 0 Å². The molecule has 1 fully saturated rings. The molecule has 0 unspecified atom stereocenters. The zero-order chi connectivity index (χ0) is 18.3. The maximum atomic E-state index is 12.9. The quantitative estimate of drug-likeness (QED) is 0.833. The van der Waals surface area contributed by atoms with E-state index in [1.165, 1.54) is 11.1 Å². The summed E-state index contributed by atoms with van der Waals surface area (Å²) < 4.78 is 5.15. The summed E-state index contributed by atoms with van der Waals surface area (Å²) in [6.07, 6.45) is 0.231. The van der Waals surface area contributed by atoms with Crippen LogP contribution in [0.3, 0.4) is 0 Å². The molecule has 5 nitrogen and oxygen atoms in total. The minimum Gasteiger partial charge on any atom is -0.495 e. The number of halogens is 1. The van der Waals surface area contributed by atoms with Crippen molar-refractivity contribution in [3.05, 3.63) is 58.6 Å². The van der Waals surface area contributed by atoms with E-state index < -0.39 is 0 Å². The number of hydrogen-bond donors (Lipinski definition) is 0. The third-order valence-electron chi connectivity index (χ3n) is 5.07. The van der Waals surface area contributed by atoms with Crippen molar-refractivity contribution in [3.63, 3.8) is 0 Å². The fraction of sp³-hybridized carbons (Fsp3) is 0.300. The summed E-state index contributed by atoms with van der Waals surface area (Å²) in [4.78, 5) is 28.9. The average Bonchev–Trinajstić information content (AvgIpc) is 3.24. The molecule has 2 aliphatic heterocycles. The van der Waals surface area contributed by atoms with E-state index in [0.717, 1.165) is 0 Å². The Morgan fingerprint density at radius 1 is 1.15 bits per heavy atom. The second-order valence-electron chi connectivity index (χ2n) is 6.69. The molecule has 2 aromatic carbocycles. The fourth-order valence-corrected chi connectivity index (χ4v) is 3.94. The monoisotopic (exact) mass is 370 g/mol. The Labute approximate surface area is 157 Å². The lowest BCUT2D eigenvalue weighted by molar-refractivity contribution is -0.136. The highest BCUT2D eigenvalue weighted by molar-refractivity contribution is 6.32. The number of rotatable bonds is 3. The Hall–Kier alpha value is -2.53. The highest BCUT2D eigenvalue weighted by Gasteiger charge is 2.38. The Morgan fingerprint density at radius 2 is 1.85 bits per heavy atom. The van der Waals surface area contributed by atoms with Gasteiger partial charge in [-0.05, 0) is 29.3 Å². The lowest BCUT2D eigenvalue weighted by Crippen LogP contribution is -2.34. The van der Waals surface area contributed by atoms with E-state index in [1.54, 1.807) is 30.2 Å². The predicted octanol–water partition coefficient (Wildman–Crippen LogP) is 3.24. The van der Waals surface area contributed by atoms with Crippen molar-refractivity contribution < 1.29 is 14.3 Å². The lowest BCUT2D eigenvalue weighted by atomic mass is 10.1. The summed E-state index contributed by atoms with van der Waals surface area (Å²) in [6, 6.07) is 13.3. The van der Waals surface area contributed by atoms with Crippen LogP contribution in [0.15, 0.2) is 42.5 Å². The predicted molar refractivity (Wildman–Crippen MR) is 99.2 cm³/mol. The van der Waals surface area contributed by atoms with Crippen molar-refractivity contribution in [1.82, 2.24) is 4.90 Å². The molecule has 6 heteroatoms. The van der Waals surface area contributed by atoms with Gasteiger partial charge < -0.3 is 14.5 Å². The number of hydrogen-bond acceptors (Lipinski definition) is 3. The second-order valence-corrected chi connectivity index (χ2v) is 7.09. The zero-order valence-corrected chi connectivity index (χ0v) is 15.2. The molecule has 0 saturated carbocycles. The fourth-order valence-electron chi connectivity index (χ4n) is 3.69. The number of carbonyl (C=O) groups is 2. The first-order chi connectivity index (χ1) is 12.6. The van der Waals surface area contributed by atoms with Gasteiger partial charge in [-0.25, -0.2) is 0 Å². The average molecular weight is 371 g/mol. The van der Waals surface area contributed by atoms with Crippen LogP contribution in [0.4, 0.5) is 5.69 Å². The normalized spacial score (nSPS) is 19.0. The molecule has 2 aliphatic rings. The van der Waals surface area contributed by atoms with Crippen LogP contribution in [0.5, 0.6) is 5.75 Å². The molecule has 134 valence electrons. The van der Waals surface area contributed by atoms with Gasteiger partial charge in [0.1, 0.15) is 5.75 Å². The summed E-state index contributed by atoms with van der Waals surface area (Å²) in [7, 11) is 1.55. The SMILES string of the molecule is COc1ccc(N2C[C@@H](C(=O)N3Cc4ccccc4C3)CC2=O)cc1Cl. The van der Waals surface area contributed by atoms with Crippen molar-refractivity contribution in [2.24, 2.45) is 5.92 Å². The number of methoxy groups -OCH3 is 1. The molecular weight excluding hydrogens is 352 g/mol. The zero-order valence-electron chi connectivity index (χ0n) is 14.4. The molecule has 2 aromatic rings. The third kappa shape index (κ3) is 2.92.